The van der Waals surface area contributed by atoms with E-state index in [1.54, 1.807) is 19.2 Å². The van der Waals surface area contributed by atoms with Crippen molar-refractivity contribution in [2.24, 2.45) is 4.99 Å². The number of halogens is 2. The molecule has 1 fully saturated rings. The second kappa shape index (κ2) is 10.0. The second-order valence-corrected chi connectivity index (χ2v) is 6.75. The normalized spacial score (nSPS) is 15.5. The molecule has 150 valence electrons. The fraction of sp³-hybridized carbons (Fsp3) is 0.381. The molecule has 2 N–H and O–H groups in total. The van der Waals surface area contributed by atoms with E-state index in [1.807, 2.05) is 18.2 Å². The summed E-state index contributed by atoms with van der Waals surface area (Å²) in [5.74, 6) is 0.239. The van der Waals surface area contributed by atoms with Gasteiger partial charge in [-0.3, -0.25) is 9.89 Å². The first-order valence-electron chi connectivity index (χ1n) is 9.56. The molecule has 3 rings (SSSR count). The Morgan fingerprint density at radius 1 is 0.964 bits per heavy atom. The summed E-state index contributed by atoms with van der Waals surface area (Å²) in [6, 6.07) is 13.4. The second-order valence-electron chi connectivity index (χ2n) is 6.75. The molecule has 2 aromatic carbocycles. The van der Waals surface area contributed by atoms with E-state index < -0.39 is 0 Å². The van der Waals surface area contributed by atoms with Gasteiger partial charge < -0.3 is 15.5 Å². The summed E-state index contributed by atoms with van der Waals surface area (Å²) >= 11 is 0. The minimum Gasteiger partial charge on any atom is -0.369 e. The summed E-state index contributed by atoms with van der Waals surface area (Å²) in [5.41, 5.74) is 1.68. The predicted molar refractivity (Wildman–Crippen MR) is 110 cm³/mol. The first-order valence-corrected chi connectivity index (χ1v) is 9.56. The summed E-state index contributed by atoms with van der Waals surface area (Å²) in [6.45, 7) is 5.81. The standard InChI is InChI=1S/C21H27F2N5/c1-24-21(26-16-17-4-2-3-5-20(17)23)25-10-11-27-12-14-28(15-13-27)19-8-6-18(22)7-9-19/h2-9H,10-16H2,1H3,(H2,24,25,26). The Kier molecular flexibility index (Phi) is 7.19. The molecule has 0 radical (unpaired) electrons. The Morgan fingerprint density at radius 2 is 1.68 bits per heavy atom. The van der Waals surface area contributed by atoms with Crippen LogP contribution < -0.4 is 15.5 Å². The van der Waals surface area contributed by atoms with Crippen LogP contribution in [-0.4, -0.2) is 57.2 Å². The quantitative estimate of drug-likeness (QED) is 0.590. The molecule has 5 nitrogen and oxygen atoms in total. The van der Waals surface area contributed by atoms with Crippen molar-refractivity contribution in [1.82, 2.24) is 15.5 Å². The molecule has 28 heavy (non-hydrogen) atoms. The maximum Gasteiger partial charge on any atom is 0.191 e. The van der Waals surface area contributed by atoms with Gasteiger partial charge in [0.1, 0.15) is 11.6 Å². The molecular weight excluding hydrogens is 360 g/mol. The molecule has 0 aliphatic carbocycles. The van der Waals surface area contributed by atoms with Crippen LogP contribution in [0, 0.1) is 11.6 Å². The summed E-state index contributed by atoms with van der Waals surface area (Å²) in [6.07, 6.45) is 0. The lowest BCUT2D eigenvalue weighted by Gasteiger charge is -2.36. The van der Waals surface area contributed by atoms with Gasteiger partial charge in [0.15, 0.2) is 5.96 Å². The largest absolute Gasteiger partial charge is 0.369 e. The Morgan fingerprint density at radius 3 is 2.36 bits per heavy atom. The summed E-state index contributed by atoms with van der Waals surface area (Å²) in [4.78, 5) is 8.85. The Bertz CT molecular complexity index is 771. The number of nitrogens with zero attached hydrogens (tertiary/aromatic N) is 3. The highest BCUT2D eigenvalue weighted by Gasteiger charge is 2.17. The minimum absolute atomic E-state index is 0.203. The number of guanidine groups is 1. The van der Waals surface area contributed by atoms with E-state index in [0.717, 1.165) is 45.0 Å². The number of benzene rings is 2. The molecule has 7 heteroatoms. The van der Waals surface area contributed by atoms with E-state index in [-0.39, 0.29) is 11.6 Å². The molecule has 1 aliphatic rings. The van der Waals surface area contributed by atoms with E-state index >= 15 is 0 Å². The van der Waals surface area contributed by atoms with Crippen LogP contribution >= 0.6 is 0 Å². The third-order valence-corrected chi connectivity index (χ3v) is 4.91. The lowest BCUT2D eigenvalue weighted by molar-refractivity contribution is 0.261. The van der Waals surface area contributed by atoms with Crippen molar-refractivity contribution in [2.75, 3.05) is 51.2 Å². The number of hydrogen-bond donors (Lipinski definition) is 2. The monoisotopic (exact) mass is 387 g/mol. The van der Waals surface area contributed by atoms with E-state index in [9.17, 15) is 8.78 Å². The van der Waals surface area contributed by atoms with Gasteiger partial charge in [-0.05, 0) is 30.3 Å². The van der Waals surface area contributed by atoms with E-state index in [1.165, 1.54) is 18.2 Å². The van der Waals surface area contributed by atoms with Crippen LogP contribution in [0.25, 0.3) is 0 Å². The first kappa shape index (κ1) is 20.1. The molecule has 2 aromatic rings. The highest BCUT2D eigenvalue weighted by Crippen LogP contribution is 2.16. The maximum atomic E-state index is 13.7. The van der Waals surface area contributed by atoms with Gasteiger partial charge in [0.05, 0.1) is 0 Å². The van der Waals surface area contributed by atoms with Crippen LogP contribution in [0.2, 0.25) is 0 Å². The molecule has 1 heterocycles. The molecule has 0 amide bonds. The summed E-state index contributed by atoms with van der Waals surface area (Å²) < 4.78 is 26.7. The predicted octanol–water partition coefficient (Wildman–Crippen LogP) is 2.45. The van der Waals surface area contributed by atoms with Crippen molar-refractivity contribution in [3.8, 4) is 0 Å². The van der Waals surface area contributed by atoms with Crippen LogP contribution in [0.3, 0.4) is 0 Å². The fourth-order valence-electron chi connectivity index (χ4n) is 3.26. The first-order chi connectivity index (χ1) is 13.7. The minimum atomic E-state index is -0.218. The number of aliphatic imine (C=N–C) groups is 1. The molecule has 0 aromatic heterocycles. The van der Waals surface area contributed by atoms with Gasteiger partial charge in [-0.2, -0.15) is 0 Å². The zero-order valence-electron chi connectivity index (χ0n) is 16.2. The van der Waals surface area contributed by atoms with Gasteiger partial charge in [-0.1, -0.05) is 18.2 Å². The van der Waals surface area contributed by atoms with Crippen molar-refractivity contribution < 1.29 is 8.78 Å². The molecule has 0 bridgehead atoms. The third kappa shape index (κ3) is 5.66. The topological polar surface area (TPSA) is 42.9 Å². The average Bonchev–Trinajstić information content (AvgIpc) is 2.73. The van der Waals surface area contributed by atoms with Gasteiger partial charge in [0, 0.05) is 64.1 Å². The van der Waals surface area contributed by atoms with Crippen molar-refractivity contribution >= 4 is 11.6 Å². The molecule has 0 unspecified atom stereocenters. The number of piperazine rings is 1. The lowest BCUT2D eigenvalue weighted by Crippen LogP contribution is -2.49. The van der Waals surface area contributed by atoms with E-state index in [0.29, 0.717) is 18.1 Å². The van der Waals surface area contributed by atoms with Crippen LogP contribution in [0.5, 0.6) is 0 Å². The fourth-order valence-corrected chi connectivity index (χ4v) is 3.26. The zero-order chi connectivity index (χ0) is 19.8. The smallest absolute Gasteiger partial charge is 0.191 e. The van der Waals surface area contributed by atoms with Crippen molar-refractivity contribution in [2.45, 2.75) is 6.54 Å². The van der Waals surface area contributed by atoms with Crippen LogP contribution in [0.1, 0.15) is 5.56 Å². The Labute approximate surface area is 165 Å². The average molecular weight is 387 g/mol. The lowest BCUT2D eigenvalue weighted by atomic mass is 10.2. The highest BCUT2D eigenvalue weighted by molar-refractivity contribution is 5.79. The number of anilines is 1. The molecule has 1 aliphatic heterocycles. The Hall–Kier alpha value is -2.67. The van der Waals surface area contributed by atoms with Crippen LogP contribution in [0.15, 0.2) is 53.5 Å². The van der Waals surface area contributed by atoms with Gasteiger partial charge in [0.25, 0.3) is 0 Å². The Balaban J connectivity index is 1.36. The SMILES string of the molecule is CN=C(NCCN1CCN(c2ccc(F)cc2)CC1)NCc1ccccc1F. The van der Waals surface area contributed by atoms with Gasteiger partial charge >= 0.3 is 0 Å². The van der Waals surface area contributed by atoms with Crippen molar-refractivity contribution in [1.29, 1.82) is 0 Å². The summed E-state index contributed by atoms with van der Waals surface area (Å²) in [5, 5.41) is 6.41. The van der Waals surface area contributed by atoms with E-state index in [4.69, 9.17) is 0 Å². The van der Waals surface area contributed by atoms with Crippen LogP contribution in [-0.2, 0) is 6.54 Å². The number of hydrogen-bond acceptors (Lipinski definition) is 3. The van der Waals surface area contributed by atoms with Gasteiger partial charge in [-0.15, -0.1) is 0 Å². The maximum absolute atomic E-state index is 13.7. The van der Waals surface area contributed by atoms with Crippen molar-refractivity contribution in [3.05, 3.63) is 65.7 Å². The van der Waals surface area contributed by atoms with Gasteiger partial charge in [-0.25, -0.2) is 8.78 Å². The van der Waals surface area contributed by atoms with Crippen molar-refractivity contribution in [3.63, 3.8) is 0 Å². The molecule has 0 atom stereocenters. The third-order valence-electron chi connectivity index (χ3n) is 4.91. The highest BCUT2D eigenvalue weighted by atomic mass is 19.1. The van der Waals surface area contributed by atoms with Crippen LogP contribution in [0.4, 0.5) is 14.5 Å². The number of rotatable bonds is 6. The molecular formula is C21H27F2N5. The number of nitrogens with one attached hydrogen (secondary N) is 2. The zero-order valence-corrected chi connectivity index (χ0v) is 16.2. The van der Waals surface area contributed by atoms with E-state index in [2.05, 4.69) is 25.4 Å². The summed E-state index contributed by atoms with van der Waals surface area (Å²) in [7, 11) is 1.71. The molecule has 0 saturated carbocycles. The van der Waals surface area contributed by atoms with Gasteiger partial charge in [0.2, 0.25) is 0 Å². The molecule has 0 spiro atoms. The molecule has 1 saturated heterocycles.